The van der Waals surface area contributed by atoms with E-state index in [1.165, 1.54) is 18.0 Å². The molecule has 0 fully saturated rings. The van der Waals surface area contributed by atoms with E-state index in [2.05, 4.69) is 4.98 Å². The highest BCUT2D eigenvalue weighted by Gasteiger charge is 2.26. The van der Waals surface area contributed by atoms with Gasteiger partial charge in [-0.25, -0.2) is 0 Å². The molecule has 1 aromatic heterocycles. The van der Waals surface area contributed by atoms with Gasteiger partial charge in [0.05, 0.1) is 11.1 Å². The first-order chi connectivity index (χ1) is 13.6. The number of rotatable bonds is 4. The topological polar surface area (TPSA) is 53.5 Å². The Kier molecular flexibility index (Phi) is 4.89. The summed E-state index contributed by atoms with van der Waals surface area (Å²) in [4.78, 5) is 33.3. The van der Waals surface area contributed by atoms with Gasteiger partial charge in [-0.2, -0.15) is 0 Å². The van der Waals surface area contributed by atoms with Crippen LogP contribution < -0.4 is 4.90 Å². The Bertz CT molecular complexity index is 1020. The Hall–Kier alpha value is -3.47. The van der Waals surface area contributed by atoms with Crippen LogP contribution in [0.5, 0.6) is 0 Å². The first-order valence-corrected chi connectivity index (χ1v) is 9.27. The number of amides is 2. The SMILES string of the molecule is CN(Cc1ccccc1)C(=O)c1cncc(C(=O)N2CCc3ccccc32)c1. The van der Waals surface area contributed by atoms with E-state index in [1.807, 2.05) is 54.6 Å². The number of benzene rings is 2. The van der Waals surface area contributed by atoms with Crippen LogP contribution in [-0.4, -0.2) is 35.3 Å². The van der Waals surface area contributed by atoms with Crippen LogP contribution in [0.15, 0.2) is 73.1 Å². The third-order valence-electron chi connectivity index (χ3n) is 4.97. The largest absolute Gasteiger partial charge is 0.337 e. The van der Waals surface area contributed by atoms with Gasteiger partial charge in [-0.1, -0.05) is 48.5 Å². The minimum Gasteiger partial charge on any atom is -0.337 e. The molecule has 140 valence electrons. The Morgan fingerprint density at radius 1 is 1.00 bits per heavy atom. The van der Waals surface area contributed by atoms with Crippen LogP contribution in [-0.2, 0) is 13.0 Å². The maximum atomic E-state index is 13.0. The van der Waals surface area contributed by atoms with Crippen molar-refractivity contribution in [2.24, 2.45) is 0 Å². The summed E-state index contributed by atoms with van der Waals surface area (Å²) in [5.41, 5.74) is 3.99. The van der Waals surface area contributed by atoms with Crippen molar-refractivity contribution in [1.82, 2.24) is 9.88 Å². The number of carbonyl (C=O) groups excluding carboxylic acids is 2. The van der Waals surface area contributed by atoms with E-state index in [1.54, 1.807) is 22.9 Å². The number of anilines is 1. The molecule has 0 N–H and O–H groups in total. The van der Waals surface area contributed by atoms with E-state index in [0.717, 1.165) is 17.7 Å². The van der Waals surface area contributed by atoms with E-state index in [-0.39, 0.29) is 11.8 Å². The minimum absolute atomic E-state index is 0.127. The maximum Gasteiger partial charge on any atom is 0.259 e. The number of carbonyl (C=O) groups is 2. The highest BCUT2D eigenvalue weighted by atomic mass is 16.2. The molecule has 0 bridgehead atoms. The third kappa shape index (κ3) is 3.51. The molecule has 3 aromatic rings. The lowest BCUT2D eigenvalue weighted by atomic mass is 10.1. The maximum absolute atomic E-state index is 13.0. The fourth-order valence-electron chi connectivity index (χ4n) is 3.53. The van der Waals surface area contributed by atoms with Crippen molar-refractivity contribution in [1.29, 1.82) is 0 Å². The van der Waals surface area contributed by atoms with Crippen LogP contribution >= 0.6 is 0 Å². The fourth-order valence-corrected chi connectivity index (χ4v) is 3.53. The molecular formula is C23H21N3O2. The normalized spacial score (nSPS) is 12.5. The van der Waals surface area contributed by atoms with Gasteiger partial charge in [0.1, 0.15) is 0 Å². The molecule has 0 saturated carbocycles. The predicted molar refractivity (Wildman–Crippen MR) is 108 cm³/mol. The smallest absolute Gasteiger partial charge is 0.259 e. The molecule has 2 heterocycles. The molecule has 5 heteroatoms. The van der Waals surface area contributed by atoms with Crippen molar-refractivity contribution >= 4 is 17.5 Å². The van der Waals surface area contributed by atoms with Crippen molar-refractivity contribution in [3.05, 3.63) is 95.3 Å². The highest BCUT2D eigenvalue weighted by Crippen LogP contribution is 2.28. The molecular weight excluding hydrogens is 350 g/mol. The summed E-state index contributed by atoms with van der Waals surface area (Å²) < 4.78 is 0. The third-order valence-corrected chi connectivity index (χ3v) is 4.97. The first-order valence-electron chi connectivity index (χ1n) is 9.27. The fraction of sp³-hybridized carbons (Fsp3) is 0.174. The molecule has 28 heavy (non-hydrogen) atoms. The lowest BCUT2D eigenvalue weighted by Crippen LogP contribution is -2.30. The van der Waals surface area contributed by atoms with E-state index in [0.29, 0.717) is 24.2 Å². The predicted octanol–water partition coefficient (Wildman–Crippen LogP) is 3.56. The molecule has 0 unspecified atom stereocenters. The zero-order chi connectivity index (χ0) is 19.5. The summed E-state index contributed by atoms with van der Waals surface area (Å²) in [5.74, 6) is -0.286. The van der Waals surface area contributed by atoms with E-state index in [4.69, 9.17) is 0 Å². The lowest BCUT2D eigenvalue weighted by Gasteiger charge is -2.19. The van der Waals surface area contributed by atoms with Crippen molar-refractivity contribution in [2.75, 3.05) is 18.5 Å². The second kappa shape index (κ2) is 7.64. The first kappa shape index (κ1) is 17.9. The highest BCUT2D eigenvalue weighted by molar-refractivity contribution is 6.08. The lowest BCUT2D eigenvalue weighted by molar-refractivity contribution is 0.0784. The van der Waals surface area contributed by atoms with Gasteiger partial charge in [0.15, 0.2) is 0 Å². The molecule has 1 aliphatic heterocycles. The van der Waals surface area contributed by atoms with Gasteiger partial charge in [-0.3, -0.25) is 14.6 Å². The van der Waals surface area contributed by atoms with Crippen LogP contribution in [0.3, 0.4) is 0 Å². The van der Waals surface area contributed by atoms with Crippen molar-refractivity contribution in [3.8, 4) is 0 Å². The van der Waals surface area contributed by atoms with Gasteiger partial charge in [-0.15, -0.1) is 0 Å². The number of para-hydroxylation sites is 1. The summed E-state index contributed by atoms with van der Waals surface area (Å²) in [6.45, 7) is 1.14. The number of pyridine rings is 1. The van der Waals surface area contributed by atoms with Gasteiger partial charge in [-0.05, 0) is 29.7 Å². The molecule has 0 spiro atoms. The number of nitrogens with zero attached hydrogens (tertiary/aromatic N) is 3. The number of fused-ring (bicyclic) bond motifs is 1. The molecule has 0 aliphatic carbocycles. The van der Waals surface area contributed by atoms with E-state index < -0.39 is 0 Å². The quantitative estimate of drug-likeness (QED) is 0.705. The van der Waals surface area contributed by atoms with Crippen LogP contribution in [0.2, 0.25) is 0 Å². The average molecular weight is 371 g/mol. The molecule has 0 atom stereocenters. The number of aromatic nitrogens is 1. The standard InChI is InChI=1S/C23H21N3O2/c1-25(16-17-7-3-2-4-8-17)22(27)19-13-20(15-24-14-19)23(28)26-12-11-18-9-5-6-10-21(18)26/h2-10,13-15H,11-12,16H2,1H3. The van der Waals surface area contributed by atoms with Crippen molar-refractivity contribution < 1.29 is 9.59 Å². The summed E-state index contributed by atoms with van der Waals surface area (Å²) in [7, 11) is 1.75. The second-order valence-electron chi connectivity index (χ2n) is 6.94. The van der Waals surface area contributed by atoms with Gasteiger partial charge in [0.25, 0.3) is 11.8 Å². The Morgan fingerprint density at radius 2 is 1.71 bits per heavy atom. The van der Waals surface area contributed by atoms with Crippen molar-refractivity contribution in [3.63, 3.8) is 0 Å². The van der Waals surface area contributed by atoms with Crippen molar-refractivity contribution in [2.45, 2.75) is 13.0 Å². The monoisotopic (exact) mass is 371 g/mol. The number of hydrogen-bond acceptors (Lipinski definition) is 3. The summed E-state index contributed by atoms with van der Waals surface area (Å²) in [6.07, 6.45) is 3.88. The Balaban J connectivity index is 1.53. The van der Waals surface area contributed by atoms with Gasteiger partial charge < -0.3 is 9.80 Å². The molecule has 0 radical (unpaired) electrons. The Morgan fingerprint density at radius 3 is 2.54 bits per heavy atom. The van der Waals surface area contributed by atoms with E-state index >= 15 is 0 Å². The summed E-state index contributed by atoms with van der Waals surface area (Å²) in [6, 6.07) is 19.3. The molecule has 2 aromatic carbocycles. The zero-order valence-corrected chi connectivity index (χ0v) is 15.7. The molecule has 4 rings (SSSR count). The van der Waals surface area contributed by atoms with Crippen LogP contribution in [0.4, 0.5) is 5.69 Å². The summed E-state index contributed by atoms with van der Waals surface area (Å²) >= 11 is 0. The molecule has 2 amide bonds. The molecule has 5 nitrogen and oxygen atoms in total. The molecule has 0 saturated heterocycles. The van der Waals surface area contributed by atoms with E-state index in [9.17, 15) is 9.59 Å². The molecule has 1 aliphatic rings. The van der Waals surface area contributed by atoms with Crippen LogP contribution in [0.1, 0.15) is 31.8 Å². The zero-order valence-electron chi connectivity index (χ0n) is 15.7. The van der Waals surface area contributed by atoms with Crippen LogP contribution in [0.25, 0.3) is 0 Å². The van der Waals surface area contributed by atoms with Gasteiger partial charge in [0, 0.05) is 38.2 Å². The van der Waals surface area contributed by atoms with Gasteiger partial charge >= 0.3 is 0 Å². The van der Waals surface area contributed by atoms with Crippen LogP contribution in [0, 0.1) is 0 Å². The summed E-state index contributed by atoms with van der Waals surface area (Å²) in [5, 5.41) is 0. The minimum atomic E-state index is -0.159. The number of hydrogen-bond donors (Lipinski definition) is 0. The Labute approximate surface area is 164 Å². The average Bonchev–Trinajstić information content (AvgIpc) is 3.17. The second-order valence-corrected chi connectivity index (χ2v) is 6.94. The van der Waals surface area contributed by atoms with Gasteiger partial charge in [0.2, 0.25) is 0 Å².